The molecule has 5 nitrogen and oxygen atoms in total. The Balaban J connectivity index is 0. The van der Waals surface area contributed by atoms with Crippen LogP contribution in [-0.2, 0) is 10.3 Å². The molecule has 68 valence electrons. The molecule has 0 saturated carbocycles. The van der Waals surface area contributed by atoms with Gasteiger partial charge in [-0.25, -0.2) is 12.7 Å². The van der Waals surface area contributed by atoms with Crippen molar-refractivity contribution in [2.45, 2.75) is 6.10 Å². The molecule has 0 radical (unpaired) electrons. The first kappa shape index (κ1) is 16.2. The van der Waals surface area contributed by atoms with Crippen molar-refractivity contribution in [1.29, 1.82) is 0 Å². The van der Waals surface area contributed by atoms with Crippen molar-refractivity contribution in [3.63, 3.8) is 0 Å². The average molecular weight is 242 g/mol. The van der Waals surface area contributed by atoms with E-state index in [1.807, 2.05) is 0 Å². The van der Waals surface area contributed by atoms with Crippen LogP contribution in [0.5, 0.6) is 0 Å². The van der Waals surface area contributed by atoms with Gasteiger partial charge in [0.2, 0.25) is 0 Å². The number of aliphatic hydroxyl groups is 1. The van der Waals surface area contributed by atoms with E-state index < -0.39 is 16.4 Å². The van der Waals surface area contributed by atoms with Crippen LogP contribution in [0.2, 0.25) is 0 Å². The fourth-order valence-corrected chi connectivity index (χ4v) is 0.889. The van der Waals surface area contributed by atoms with Gasteiger partial charge in [0, 0.05) is 19.5 Å². The summed E-state index contributed by atoms with van der Waals surface area (Å²) < 4.78 is 31.1. The molecule has 1 atom stereocenters. The van der Waals surface area contributed by atoms with Crippen molar-refractivity contribution in [3.8, 4) is 0 Å². The second kappa shape index (κ2) is 7.10. The molecule has 12 heavy (non-hydrogen) atoms. The summed E-state index contributed by atoms with van der Waals surface area (Å²) in [7, 11) is -3.36. The van der Waals surface area contributed by atoms with Gasteiger partial charge >= 0.3 is 51.4 Å². The van der Waals surface area contributed by atoms with E-state index >= 15 is 0 Å². The van der Waals surface area contributed by atoms with E-state index in [0.29, 0.717) is 4.31 Å². The Morgan fingerprint density at radius 1 is 1.67 bits per heavy atom. The molecule has 0 saturated heterocycles. The molecule has 0 amide bonds. The van der Waals surface area contributed by atoms with E-state index in [2.05, 4.69) is 0 Å². The third-order valence-electron chi connectivity index (χ3n) is 1.03. The van der Waals surface area contributed by atoms with Crippen molar-refractivity contribution in [1.82, 2.24) is 4.31 Å². The zero-order valence-corrected chi connectivity index (χ0v) is 11.6. The maximum atomic E-state index is 10.2. The van der Waals surface area contributed by atoms with Gasteiger partial charge in [-0.3, -0.25) is 0 Å². The first-order valence-electron chi connectivity index (χ1n) is 2.79. The number of rotatable bonds is 4. The van der Waals surface area contributed by atoms with Crippen LogP contribution in [0.1, 0.15) is 0 Å². The summed E-state index contributed by atoms with van der Waals surface area (Å²) in [6.45, 7) is -0.269. The van der Waals surface area contributed by atoms with Crippen LogP contribution < -0.4 is 51.4 Å². The van der Waals surface area contributed by atoms with Crippen molar-refractivity contribution in [3.05, 3.63) is 0 Å². The molecule has 0 bridgehead atoms. The maximum Gasteiger partial charge on any atom is 1.00 e. The molecule has 0 aromatic carbocycles. The molecule has 0 heterocycles. The molecular formula is C4H9ClKNO4S. The quantitative estimate of drug-likeness (QED) is 0.309. The van der Waals surface area contributed by atoms with Gasteiger partial charge in [0.05, 0.1) is 6.10 Å². The Bertz CT molecular complexity index is 209. The molecule has 1 N–H and O–H groups in total. The second-order valence-corrected chi connectivity index (χ2v) is 3.83. The van der Waals surface area contributed by atoms with E-state index in [-0.39, 0.29) is 63.8 Å². The number of halogens is 1. The van der Waals surface area contributed by atoms with Crippen LogP contribution in [0.25, 0.3) is 0 Å². The van der Waals surface area contributed by atoms with Gasteiger partial charge in [0.25, 0.3) is 0 Å². The molecule has 0 aliphatic heterocycles. The van der Waals surface area contributed by atoms with Crippen LogP contribution in [0, 0.1) is 0 Å². The third kappa shape index (κ3) is 7.19. The van der Waals surface area contributed by atoms with Crippen LogP contribution in [-0.4, -0.2) is 48.0 Å². The summed E-state index contributed by atoms with van der Waals surface area (Å²) in [5, 5.41) is 8.81. The first-order valence-corrected chi connectivity index (χ1v) is 4.69. The molecule has 0 aromatic heterocycles. The fourth-order valence-electron chi connectivity index (χ4n) is 0.437. The molecule has 0 spiro atoms. The van der Waals surface area contributed by atoms with Gasteiger partial charge in [0.1, 0.15) is 0 Å². The number of likely N-dealkylation sites (N-methyl/N-ethyl adjacent to an activating group) is 1. The molecule has 0 fully saturated rings. The molecule has 0 aliphatic carbocycles. The summed E-state index contributed by atoms with van der Waals surface area (Å²) in [5.41, 5.74) is 0. The average Bonchev–Trinajstić information content (AvgIpc) is 1.85. The molecule has 0 rings (SSSR count). The largest absolute Gasteiger partial charge is 1.00 e. The summed E-state index contributed by atoms with van der Waals surface area (Å²) in [6.07, 6.45) is -0.995. The topological polar surface area (TPSA) is 80.7 Å². The first-order chi connectivity index (χ1) is 4.88. The Hall–Kier alpha value is 1.76. The second-order valence-electron chi connectivity index (χ2n) is 2.05. The molecule has 1 unspecified atom stereocenters. The van der Waals surface area contributed by atoms with Crippen molar-refractivity contribution >= 4 is 21.9 Å². The van der Waals surface area contributed by atoms with Gasteiger partial charge in [-0.15, -0.1) is 11.6 Å². The molecule has 8 heteroatoms. The van der Waals surface area contributed by atoms with Gasteiger partial charge in [-0.1, -0.05) is 0 Å². The van der Waals surface area contributed by atoms with Crippen molar-refractivity contribution < 1.29 is 69.5 Å². The number of hydrogen-bond donors (Lipinski definition) is 1. The van der Waals surface area contributed by atoms with E-state index in [0.717, 1.165) is 7.05 Å². The van der Waals surface area contributed by atoms with Gasteiger partial charge in [-0.2, -0.15) is 0 Å². The number of aliphatic hydroxyl groups excluding tert-OH is 1. The van der Waals surface area contributed by atoms with E-state index in [4.69, 9.17) is 16.7 Å². The summed E-state index contributed by atoms with van der Waals surface area (Å²) in [6, 6.07) is 0. The number of hydrogen-bond acceptors (Lipinski definition) is 4. The normalized spacial score (nSPS) is 14.1. The predicted octanol–water partition coefficient (Wildman–Crippen LogP) is -4.02. The maximum absolute atomic E-state index is 10.2. The Kier molecular flexibility index (Phi) is 9.58. The summed E-state index contributed by atoms with van der Waals surface area (Å²) in [5.74, 6) is -0.0974. The van der Waals surface area contributed by atoms with Crippen LogP contribution in [0.15, 0.2) is 0 Å². The van der Waals surface area contributed by atoms with E-state index in [1.54, 1.807) is 0 Å². The third-order valence-corrected chi connectivity index (χ3v) is 2.30. The standard InChI is InChI=1S/C4H10ClNO4S.K/c1-6(11(8,9)10)3-4(7)2-5;/h4,7H,2-3H2,1H3,(H,8,9,10);/q;+1/p-1. The minimum absolute atomic E-state index is 0. The van der Waals surface area contributed by atoms with Crippen LogP contribution in [0.4, 0.5) is 0 Å². The smallest absolute Gasteiger partial charge is 0.735 e. The summed E-state index contributed by atoms with van der Waals surface area (Å²) in [4.78, 5) is 0. The SMILES string of the molecule is CN(CC(O)CCl)S(=O)(=O)[O-].[K+]. The monoisotopic (exact) mass is 241 g/mol. The Morgan fingerprint density at radius 2 is 2.08 bits per heavy atom. The van der Waals surface area contributed by atoms with Crippen LogP contribution >= 0.6 is 11.6 Å². The van der Waals surface area contributed by atoms with Gasteiger partial charge in [-0.05, 0) is 0 Å². The number of nitrogens with zero attached hydrogens (tertiary/aromatic N) is 1. The minimum atomic E-state index is -4.44. The summed E-state index contributed by atoms with van der Waals surface area (Å²) >= 11 is 5.17. The van der Waals surface area contributed by atoms with E-state index in [1.165, 1.54) is 0 Å². The molecule has 0 aliphatic rings. The van der Waals surface area contributed by atoms with Gasteiger partial charge in [0.15, 0.2) is 10.3 Å². The Labute approximate surface area is 119 Å². The molecular weight excluding hydrogens is 233 g/mol. The Morgan fingerprint density at radius 3 is 2.33 bits per heavy atom. The fraction of sp³-hybridized carbons (Fsp3) is 1.00. The predicted molar refractivity (Wildman–Crippen MR) is 39.1 cm³/mol. The van der Waals surface area contributed by atoms with Gasteiger partial charge < -0.3 is 9.66 Å². The van der Waals surface area contributed by atoms with E-state index in [9.17, 15) is 13.0 Å². The minimum Gasteiger partial charge on any atom is -0.735 e. The van der Waals surface area contributed by atoms with Crippen molar-refractivity contribution in [2.24, 2.45) is 0 Å². The zero-order valence-electron chi connectivity index (χ0n) is 6.90. The zero-order chi connectivity index (χ0) is 9.07. The van der Waals surface area contributed by atoms with Crippen LogP contribution in [0.3, 0.4) is 0 Å². The molecule has 0 aromatic rings. The van der Waals surface area contributed by atoms with Crippen molar-refractivity contribution in [2.75, 3.05) is 19.5 Å². The number of alkyl halides is 1.